The average molecular weight is 471 g/mol. The Hall–Kier alpha value is -3.69. The van der Waals surface area contributed by atoms with E-state index in [2.05, 4.69) is 55.9 Å². The monoisotopic (exact) mass is 470 g/mol. The molecule has 0 aliphatic carbocycles. The summed E-state index contributed by atoms with van der Waals surface area (Å²) in [5, 5.41) is 12.8. The lowest BCUT2D eigenvalue weighted by Crippen LogP contribution is -2.12. The number of aryl methyl sites for hydroxylation is 1. The SMILES string of the molecule is Cc1cccc(-n2c(SCc3cc(=O)n4ccsc4n3)nnc2-c2c[nH]c3ccccc23)c1. The van der Waals surface area contributed by atoms with E-state index in [0.717, 1.165) is 44.4 Å². The molecule has 0 aliphatic heterocycles. The van der Waals surface area contributed by atoms with Crippen molar-refractivity contribution in [2.45, 2.75) is 17.8 Å². The van der Waals surface area contributed by atoms with Crippen molar-refractivity contribution in [3.05, 3.63) is 94.0 Å². The molecule has 0 radical (unpaired) electrons. The first kappa shape index (κ1) is 20.0. The Bertz CT molecular complexity index is 1680. The molecule has 1 N–H and O–H groups in total. The van der Waals surface area contributed by atoms with Crippen molar-refractivity contribution in [2.24, 2.45) is 0 Å². The van der Waals surface area contributed by atoms with Crippen LogP contribution in [0.5, 0.6) is 0 Å². The van der Waals surface area contributed by atoms with Crippen LogP contribution in [0.25, 0.3) is 32.9 Å². The molecule has 6 rings (SSSR count). The first-order valence-corrected chi connectivity index (χ1v) is 12.2. The summed E-state index contributed by atoms with van der Waals surface area (Å²) in [5.41, 5.74) is 4.83. The third-order valence-corrected chi connectivity index (χ3v) is 7.15. The van der Waals surface area contributed by atoms with Gasteiger partial charge in [0.2, 0.25) is 0 Å². The number of hydrogen-bond acceptors (Lipinski definition) is 6. The second-order valence-electron chi connectivity index (χ2n) is 7.66. The molecule has 33 heavy (non-hydrogen) atoms. The zero-order valence-electron chi connectivity index (χ0n) is 17.6. The van der Waals surface area contributed by atoms with Gasteiger partial charge in [0.05, 0.1) is 5.69 Å². The van der Waals surface area contributed by atoms with Crippen LogP contribution in [0.1, 0.15) is 11.3 Å². The maximum Gasteiger partial charge on any atom is 0.258 e. The number of thioether (sulfide) groups is 1. The smallest absolute Gasteiger partial charge is 0.258 e. The van der Waals surface area contributed by atoms with Gasteiger partial charge in [-0.05, 0) is 30.7 Å². The maximum absolute atomic E-state index is 12.4. The topological polar surface area (TPSA) is 80.9 Å². The van der Waals surface area contributed by atoms with E-state index in [1.807, 2.05) is 35.8 Å². The highest BCUT2D eigenvalue weighted by Crippen LogP contribution is 2.33. The minimum absolute atomic E-state index is 0.0727. The lowest BCUT2D eigenvalue weighted by Gasteiger charge is -2.11. The molecule has 0 amide bonds. The summed E-state index contributed by atoms with van der Waals surface area (Å²) in [7, 11) is 0. The number of aromatic amines is 1. The predicted molar refractivity (Wildman–Crippen MR) is 132 cm³/mol. The molecule has 0 fully saturated rings. The predicted octanol–water partition coefficient (Wildman–Crippen LogP) is 5.09. The third-order valence-electron chi connectivity index (χ3n) is 5.43. The van der Waals surface area contributed by atoms with Gasteiger partial charge >= 0.3 is 0 Å². The zero-order chi connectivity index (χ0) is 22.4. The molecule has 0 saturated carbocycles. The number of hydrogen-bond donors (Lipinski definition) is 1. The fourth-order valence-electron chi connectivity index (χ4n) is 3.89. The maximum atomic E-state index is 12.4. The molecule has 4 aromatic heterocycles. The number of fused-ring (bicyclic) bond motifs is 2. The van der Waals surface area contributed by atoms with E-state index >= 15 is 0 Å². The molecule has 2 aromatic carbocycles. The number of nitrogens with zero attached hydrogens (tertiary/aromatic N) is 5. The van der Waals surface area contributed by atoms with E-state index in [-0.39, 0.29) is 5.56 Å². The van der Waals surface area contributed by atoms with Crippen LogP contribution in [0.3, 0.4) is 0 Å². The summed E-state index contributed by atoms with van der Waals surface area (Å²) in [6.45, 7) is 2.07. The quantitative estimate of drug-likeness (QED) is 0.355. The van der Waals surface area contributed by atoms with Crippen molar-refractivity contribution in [3.63, 3.8) is 0 Å². The highest BCUT2D eigenvalue weighted by atomic mass is 32.2. The van der Waals surface area contributed by atoms with Gasteiger partial charge in [-0.3, -0.25) is 13.8 Å². The highest BCUT2D eigenvalue weighted by Gasteiger charge is 2.19. The van der Waals surface area contributed by atoms with Crippen LogP contribution in [0.15, 0.2) is 82.3 Å². The van der Waals surface area contributed by atoms with Crippen LogP contribution in [0, 0.1) is 6.92 Å². The van der Waals surface area contributed by atoms with E-state index in [9.17, 15) is 4.79 Å². The average Bonchev–Trinajstić information content (AvgIpc) is 3.55. The summed E-state index contributed by atoms with van der Waals surface area (Å²) in [4.78, 5) is 21.0. The van der Waals surface area contributed by atoms with Crippen LogP contribution in [-0.4, -0.2) is 29.1 Å². The molecule has 0 unspecified atom stereocenters. The van der Waals surface area contributed by atoms with Crippen molar-refractivity contribution in [2.75, 3.05) is 0 Å². The second kappa shape index (κ2) is 8.02. The van der Waals surface area contributed by atoms with Crippen molar-refractivity contribution in [1.29, 1.82) is 0 Å². The molecule has 0 aliphatic rings. The van der Waals surface area contributed by atoms with E-state index in [1.165, 1.54) is 23.1 Å². The number of benzene rings is 2. The molecule has 4 heterocycles. The molecule has 7 nitrogen and oxygen atoms in total. The van der Waals surface area contributed by atoms with Crippen LogP contribution >= 0.6 is 23.1 Å². The number of thiazole rings is 1. The molecule has 0 spiro atoms. The number of aromatic nitrogens is 6. The fraction of sp³-hybridized carbons (Fsp3) is 0.0833. The van der Waals surface area contributed by atoms with Crippen molar-refractivity contribution < 1.29 is 0 Å². The molecular formula is C24H18N6OS2. The third kappa shape index (κ3) is 3.55. The Morgan fingerprint density at radius 2 is 2.00 bits per heavy atom. The Kier molecular flexibility index (Phi) is 4.85. The Balaban J connectivity index is 1.44. The largest absolute Gasteiger partial charge is 0.360 e. The van der Waals surface area contributed by atoms with Crippen molar-refractivity contribution in [1.82, 2.24) is 29.1 Å². The van der Waals surface area contributed by atoms with Crippen LogP contribution in [0.4, 0.5) is 0 Å². The van der Waals surface area contributed by atoms with E-state index in [4.69, 9.17) is 0 Å². The summed E-state index contributed by atoms with van der Waals surface area (Å²) in [6, 6.07) is 18.0. The second-order valence-corrected chi connectivity index (χ2v) is 9.47. The number of rotatable bonds is 5. The molecule has 9 heteroatoms. The van der Waals surface area contributed by atoms with Gasteiger partial charge in [-0.1, -0.05) is 42.1 Å². The molecular weight excluding hydrogens is 452 g/mol. The normalized spacial score (nSPS) is 11.5. The van der Waals surface area contributed by atoms with E-state index in [0.29, 0.717) is 10.7 Å². The Labute approximate surface area is 196 Å². The molecule has 0 bridgehead atoms. The van der Waals surface area contributed by atoms with Crippen LogP contribution in [0.2, 0.25) is 0 Å². The van der Waals surface area contributed by atoms with Crippen molar-refractivity contribution in [3.8, 4) is 17.1 Å². The van der Waals surface area contributed by atoms with E-state index < -0.39 is 0 Å². The number of H-pyrrole nitrogens is 1. The first-order valence-electron chi connectivity index (χ1n) is 10.3. The van der Waals surface area contributed by atoms with Gasteiger partial charge in [-0.15, -0.1) is 21.5 Å². The lowest BCUT2D eigenvalue weighted by atomic mass is 10.1. The Morgan fingerprint density at radius 1 is 1.09 bits per heavy atom. The summed E-state index contributed by atoms with van der Waals surface area (Å²) in [6.07, 6.45) is 3.72. The minimum Gasteiger partial charge on any atom is -0.360 e. The fourth-order valence-corrected chi connectivity index (χ4v) is 5.48. The minimum atomic E-state index is -0.0727. The number of nitrogens with one attached hydrogen (secondary N) is 1. The van der Waals surface area contributed by atoms with Gasteiger partial charge < -0.3 is 4.98 Å². The van der Waals surface area contributed by atoms with Gasteiger partial charge in [0.1, 0.15) is 0 Å². The van der Waals surface area contributed by atoms with Gasteiger partial charge in [0, 0.05) is 51.7 Å². The van der Waals surface area contributed by atoms with Gasteiger partial charge in [0.15, 0.2) is 15.9 Å². The molecule has 162 valence electrons. The molecule has 0 atom stereocenters. The summed E-state index contributed by atoms with van der Waals surface area (Å²) in [5.74, 6) is 1.28. The van der Waals surface area contributed by atoms with E-state index in [1.54, 1.807) is 16.7 Å². The number of para-hydroxylation sites is 1. The molecule has 6 aromatic rings. The highest BCUT2D eigenvalue weighted by molar-refractivity contribution is 7.98. The first-order chi connectivity index (χ1) is 16.2. The summed E-state index contributed by atoms with van der Waals surface area (Å²) >= 11 is 2.97. The lowest BCUT2D eigenvalue weighted by molar-refractivity contribution is 0.884. The van der Waals surface area contributed by atoms with Gasteiger partial charge in [0.25, 0.3) is 5.56 Å². The Morgan fingerprint density at radius 3 is 2.91 bits per heavy atom. The van der Waals surface area contributed by atoms with Crippen molar-refractivity contribution >= 4 is 39.0 Å². The summed E-state index contributed by atoms with van der Waals surface area (Å²) < 4.78 is 3.63. The van der Waals surface area contributed by atoms with Gasteiger partial charge in [-0.2, -0.15) is 0 Å². The molecule has 0 saturated heterocycles. The van der Waals surface area contributed by atoms with Crippen LogP contribution < -0.4 is 5.56 Å². The zero-order valence-corrected chi connectivity index (χ0v) is 19.2. The standard InChI is InChI=1S/C24H18N6OS2/c1-15-5-4-6-17(11-15)30-22(19-13-25-20-8-3-2-7-18(19)20)27-28-24(30)33-14-16-12-21(31)29-9-10-32-23(29)26-16/h2-13,25H,14H2,1H3. The van der Waals surface area contributed by atoms with Gasteiger partial charge in [-0.25, -0.2) is 4.98 Å². The van der Waals surface area contributed by atoms with Crippen LogP contribution in [-0.2, 0) is 5.75 Å².